The fourth-order valence-corrected chi connectivity index (χ4v) is 6.01. The molecule has 2 aromatic carbocycles. The van der Waals surface area contributed by atoms with Gasteiger partial charge < -0.3 is 0 Å². The summed E-state index contributed by atoms with van der Waals surface area (Å²) in [6, 6.07) is 4.53. The second kappa shape index (κ2) is 7.50. The van der Waals surface area contributed by atoms with Gasteiger partial charge in [0.15, 0.2) is 0 Å². The van der Waals surface area contributed by atoms with E-state index in [2.05, 4.69) is 4.72 Å². The third kappa shape index (κ3) is 3.81. The van der Waals surface area contributed by atoms with Gasteiger partial charge in [-0.3, -0.25) is 4.72 Å². The summed E-state index contributed by atoms with van der Waals surface area (Å²) in [6.45, 7) is 11.1. The number of benzene rings is 2. The maximum absolute atomic E-state index is 13.2. The van der Waals surface area contributed by atoms with E-state index in [0.717, 1.165) is 21.0 Å². The molecule has 0 saturated heterocycles. The maximum Gasteiger partial charge on any atom is 0.262 e. The van der Waals surface area contributed by atoms with Gasteiger partial charge in [-0.1, -0.05) is 6.07 Å². The summed E-state index contributed by atoms with van der Waals surface area (Å²) in [6.07, 6.45) is 0. The Labute approximate surface area is 168 Å². The molecule has 0 heterocycles. The molecule has 0 atom stereocenters. The molecule has 0 fully saturated rings. The van der Waals surface area contributed by atoms with E-state index in [-0.39, 0.29) is 15.5 Å². The average Bonchev–Trinajstić information content (AvgIpc) is 2.59. The van der Waals surface area contributed by atoms with Crippen LogP contribution < -0.4 is 4.72 Å². The van der Waals surface area contributed by atoms with Crippen LogP contribution in [-0.4, -0.2) is 35.2 Å². The van der Waals surface area contributed by atoms with Crippen LogP contribution in [-0.2, 0) is 20.0 Å². The number of hydrogen-bond acceptors (Lipinski definition) is 4. The molecule has 0 saturated carbocycles. The van der Waals surface area contributed by atoms with Crippen LogP contribution in [0.2, 0.25) is 0 Å². The van der Waals surface area contributed by atoms with Gasteiger partial charge in [-0.25, -0.2) is 21.1 Å². The molecule has 0 aliphatic carbocycles. The molecule has 0 unspecified atom stereocenters. The highest BCUT2D eigenvalue weighted by molar-refractivity contribution is 7.92. The van der Waals surface area contributed by atoms with Crippen LogP contribution in [0.4, 0.5) is 5.69 Å². The van der Waals surface area contributed by atoms with E-state index in [0.29, 0.717) is 16.7 Å². The Balaban J connectivity index is 2.62. The summed E-state index contributed by atoms with van der Waals surface area (Å²) in [7, 11) is -4.70. The van der Waals surface area contributed by atoms with Gasteiger partial charge >= 0.3 is 0 Å². The van der Waals surface area contributed by atoms with Crippen LogP contribution in [0, 0.1) is 41.5 Å². The number of nitrogens with zero attached hydrogens (tertiary/aromatic N) is 1. The molecule has 2 aromatic rings. The molecular weight excluding hydrogens is 396 g/mol. The van der Waals surface area contributed by atoms with Crippen LogP contribution in [0.3, 0.4) is 0 Å². The molecule has 0 aliphatic heterocycles. The predicted molar refractivity (Wildman–Crippen MR) is 113 cm³/mol. The van der Waals surface area contributed by atoms with E-state index in [9.17, 15) is 16.8 Å². The SMILES string of the molecule is Cc1ccc(NS(=O)(=O)c2c(C)c(C)c(C)c(C)c2C)cc1S(=O)(=O)N(C)C. The van der Waals surface area contributed by atoms with Gasteiger partial charge in [0.05, 0.1) is 15.5 Å². The summed E-state index contributed by atoms with van der Waals surface area (Å²) in [5.74, 6) is 0. The van der Waals surface area contributed by atoms with E-state index >= 15 is 0 Å². The minimum Gasteiger partial charge on any atom is -0.280 e. The maximum atomic E-state index is 13.2. The molecule has 0 bridgehead atoms. The van der Waals surface area contributed by atoms with Gasteiger partial charge in [-0.05, 0) is 87.1 Å². The fraction of sp³-hybridized carbons (Fsp3) is 0.400. The van der Waals surface area contributed by atoms with Gasteiger partial charge in [-0.2, -0.15) is 0 Å². The lowest BCUT2D eigenvalue weighted by Crippen LogP contribution is -2.23. The predicted octanol–water partition coefficient (Wildman–Crippen LogP) is 3.59. The van der Waals surface area contributed by atoms with Gasteiger partial charge in [0.1, 0.15) is 0 Å². The van der Waals surface area contributed by atoms with E-state index in [1.807, 2.05) is 20.8 Å². The minimum absolute atomic E-state index is 0.0717. The fourth-order valence-electron chi connectivity index (χ4n) is 3.21. The summed E-state index contributed by atoms with van der Waals surface area (Å²) in [5, 5.41) is 0. The third-order valence-corrected chi connectivity index (χ3v) is 9.01. The molecule has 28 heavy (non-hydrogen) atoms. The normalized spacial score (nSPS) is 12.5. The van der Waals surface area contributed by atoms with E-state index in [1.54, 1.807) is 32.9 Å². The number of anilines is 1. The lowest BCUT2D eigenvalue weighted by Gasteiger charge is -2.20. The molecule has 8 heteroatoms. The lowest BCUT2D eigenvalue weighted by molar-refractivity contribution is 0.520. The summed E-state index contributed by atoms with van der Waals surface area (Å²) in [4.78, 5) is 0.313. The van der Waals surface area contributed by atoms with Crippen molar-refractivity contribution in [2.24, 2.45) is 0 Å². The van der Waals surface area contributed by atoms with Crippen molar-refractivity contribution < 1.29 is 16.8 Å². The summed E-state index contributed by atoms with van der Waals surface area (Å²) >= 11 is 0. The summed E-state index contributed by atoms with van der Waals surface area (Å²) in [5.41, 5.74) is 5.09. The Morgan fingerprint density at radius 1 is 0.750 bits per heavy atom. The minimum atomic E-state index is -3.89. The zero-order chi connectivity index (χ0) is 21.6. The zero-order valence-corrected chi connectivity index (χ0v) is 19.3. The smallest absolute Gasteiger partial charge is 0.262 e. The number of hydrogen-bond donors (Lipinski definition) is 1. The first-order valence-corrected chi connectivity index (χ1v) is 11.8. The highest BCUT2D eigenvalue weighted by atomic mass is 32.2. The quantitative estimate of drug-likeness (QED) is 0.795. The van der Waals surface area contributed by atoms with E-state index in [1.165, 1.54) is 20.2 Å². The Hall–Kier alpha value is -1.90. The highest BCUT2D eigenvalue weighted by Gasteiger charge is 2.25. The number of aryl methyl sites for hydroxylation is 1. The largest absolute Gasteiger partial charge is 0.280 e. The monoisotopic (exact) mass is 424 g/mol. The molecule has 0 amide bonds. The van der Waals surface area contributed by atoms with Crippen LogP contribution in [0.25, 0.3) is 0 Å². The van der Waals surface area contributed by atoms with Gasteiger partial charge in [0.2, 0.25) is 10.0 Å². The van der Waals surface area contributed by atoms with Crippen molar-refractivity contribution in [2.75, 3.05) is 18.8 Å². The Bertz CT molecular complexity index is 1120. The van der Waals surface area contributed by atoms with Gasteiger partial charge in [0, 0.05) is 14.1 Å². The molecule has 2 rings (SSSR count). The first-order valence-electron chi connectivity index (χ1n) is 8.84. The van der Waals surface area contributed by atoms with Crippen LogP contribution in [0.5, 0.6) is 0 Å². The zero-order valence-electron chi connectivity index (χ0n) is 17.6. The van der Waals surface area contributed by atoms with Crippen molar-refractivity contribution in [1.29, 1.82) is 0 Å². The highest BCUT2D eigenvalue weighted by Crippen LogP contribution is 2.31. The van der Waals surface area contributed by atoms with Crippen molar-refractivity contribution in [3.05, 3.63) is 51.6 Å². The Morgan fingerprint density at radius 3 is 1.68 bits per heavy atom. The first-order chi connectivity index (χ1) is 12.7. The van der Waals surface area contributed by atoms with Crippen molar-refractivity contribution in [3.63, 3.8) is 0 Å². The molecule has 0 radical (unpaired) electrons. The van der Waals surface area contributed by atoms with Crippen LogP contribution in [0.1, 0.15) is 33.4 Å². The molecule has 6 nitrogen and oxygen atoms in total. The number of nitrogens with one attached hydrogen (secondary N) is 1. The van der Waals surface area contributed by atoms with Gasteiger partial charge in [-0.15, -0.1) is 0 Å². The summed E-state index contributed by atoms with van der Waals surface area (Å²) < 4.78 is 55.0. The van der Waals surface area contributed by atoms with Crippen LogP contribution in [0.15, 0.2) is 28.0 Å². The first kappa shape index (κ1) is 22.4. The van der Waals surface area contributed by atoms with Crippen molar-refractivity contribution in [1.82, 2.24) is 4.31 Å². The third-order valence-electron chi connectivity index (χ3n) is 5.40. The molecular formula is C20H28N2O4S2. The van der Waals surface area contributed by atoms with Gasteiger partial charge in [0.25, 0.3) is 10.0 Å². The second-order valence-electron chi connectivity index (χ2n) is 7.33. The standard InChI is InChI=1S/C20H28N2O4S2/c1-12-9-10-18(11-19(12)28(25,26)22(7)8)21-27(23,24)20-16(5)14(3)13(2)15(4)17(20)6/h9-11,21H,1-8H3. The molecule has 0 spiro atoms. The van der Waals surface area contributed by atoms with E-state index in [4.69, 9.17) is 0 Å². The Morgan fingerprint density at radius 2 is 1.21 bits per heavy atom. The van der Waals surface area contributed by atoms with Crippen molar-refractivity contribution in [3.8, 4) is 0 Å². The molecule has 0 aliphatic rings. The molecule has 0 aromatic heterocycles. The van der Waals surface area contributed by atoms with E-state index < -0.39 is 20.0 Å². The second-order valence-corrected chi connectivity index (χ2v) is 11.1. The Kier molecular flexibility index (Phi) is 5.99. The number of sulfonamides is 2. The van der Waals surface area contributed by atoms with Crippen molar-refractivity contribution >= 4 is 25.7 Å². The number of rotatable bonds is 5. The molecule has 154 valence electrons. The van der Waals surface area contributed by atoms with Crippen molar-refractivity contribution in [2.45, 2.75) is 51.3 Å². The topological polar surface area (TPSA) is 83.5 Å². The average molecular weight is 425 g/mol. The lowest BCUT2D eigenvalue weighted by atomic mass is 9.95. The molecule has 1 N–H and O–H groups in total. The van der Waals surface area contributed by atoms with Crippen LogP contribution >= 0.6 is 0 Å².